The van der Waals surface area contributed by atoms with Crippen LogP contribution in [0, 0.1) is 5.82 Å². The molecule has 0 radical (unpaired) electrons. The zero-order valence-electron chi connectivity index (χ0n) is 10.0. The maximum Gasteiger partial charge on any atom is 0.337 e. The summed E-state index contributed by atoms with van der Waals surface area (Å²) in [5.74, 6) is -1.15. The number of carboxylic acids is 1. The predicted octanol–water partition coefficient (Wildman–Crippen LogP) is 2.86. The Morgan fingerprint density at radius 2 is 1.95 bits per heavy atom. The van der Waals surface area contributed by atoms with Crippen molar-refractivity contribution in [2.45, 2.75) is 18.8 Å². The van der Waals surface area contributed by atoms with E-state index < -0.39 is 11.8 Å². The van der Waals surface area contributed by atoms with E-state index in [-0.39, 0.29) is 11.5 Å². The maximum absolute atomic E-state index is 12.8. The van der Waals surface area contributed by atoms with Gasteiger partial charge in [-0.2, -0.15) is 0 Å². The fraction of sp³-hybridized carbons (Fsp3) is 0.214. The molecule has 0 aliphatic heterocycles. The van der Waals surface area contributed by atoms with Gasteiger partial charge in [-0.25, -0.2) is 14.2 Å². The highest BCUT2D eigenvalue weighted by Crippen LogP contribution is 2.41. The van der Waals surface area contributed by atoms with E-state index in [9.17, 15) is 9.18 Å². The van der Waals surface area contributed by atoms with Crippen LogP contribution in [0.2, 0.25) is 0 Å². The van der Waals surface area contributed by atoms with Crippen LogP contribution in [0.1, 0.15) is 34.8 Å². The summed E-state index contributed by atoms with van der Waals surface area (Å²) in [5.41, 5.74) is 1.97. The quantitative estimate of drug-likeness (QED) is 0.919. The maximum atomic E-state index is 12.8. The van der Waals surface area contributed by atoms with Gasteiger partial charge in [-0.05, 0) is 37.1 Å². The first-order valence-electron chi connectivity index (χ1n) is 6.01. The number of halogens is 1. The van der Waals surface area contributed by atoms with Crippen molar-refractivity contribution in [3.05, 3.63) is 47.5 Å². The van der Waals surface area contributed by atoms with Crippen molar-refractivity contribution >= 4 is 5.97 Å². The summed E-state index contributed by atoms with van der Waals surface area (Å²) in [6.07, 6.45) is 3.06. The molecule has 0 saturated heterocycles. The van der Waals surface area contributed by atoms with E-state index in [1.165, 1.54) is 12.1 Å². The van der Waals surface area contributed by atoms with E-state index in [1.54, 1.807) is 12.1 Å². The number of rotatable bonds is 3. The van der Waals surface area contributed by atoms with E-state index in [0.29, 0.717) is 17.1 Å². The second-order valence-electron chi connectivity index (χ2n) is 4.57. The molecular formula is C14H11FN2O2. The molecule has 0 amide bonds. The molecule has 5 heteroatoms. The van der Waals surface area contributed by atoms with Crippen LogP contribution in [-0.4, -0.2) is 21.0 Å². The van der Waals surface area contributed by atoms with Gasteiger partial charge < -0.3 is 5.11 Å². The van der Waals surface area contributed by atoms with Gasteiger partial charge >= 0.3 is 5.97 Å². The average Bonchev–Trinajstić information content (AvgIpc) is 3.23. The molecule has 1 N–H and O–H groups in total. The smallest absolute Gasteiger partial charge is 0.337 e. The summed E-state index contributed by atoms with van der Waals surface area (Å²) in [6.45, 7) is 0. The Labute approximate surface area is 109 Å². The molecule has 3 rings (SSSR count). The van der Waals surface area contributed by atoms with Gasteiger partial charge in [-0.15, -0.1) is 0 Å². The number of aromatic carboxylic acids is 1. The summed E-state index contributed by atoms with van der Waals surface area (Å²) < 4.78 is 12.8. The summed E-state index contributed by atoms with van der Waals surface area (Å²) >= 11 is 0. The topological polar surface area (TPSA) is 63.1 Å². The summed E-state index contributed by atoms with van der Waals surface area (Å²) in [5, 5.41) is 9.13. The minimum Gasteiger partial charge on any atom is -0.478 e. The van der Waals surface area contributed by atoms with Crippen molar-refractivity contribution in [3.8, 4) is 11.4 Å². The number of hydrogen-bond donors (Lipinski definition) is 1. The molecule has 0 unspecified atom stereocenters. The van der Waals surface area contributed by atoms with Gasteiger partial charge in [0.2, 0.25) is 0 Å². The van der Waals surface area contributed by atoms with Crippen LogP contribution in [0.4, 0.5) is 4.39 Å². The molecule has 1 aliphatic rings. The third kappa shape index (κ3) is 2.31. The van der Waals surface area contributed by atoms with E-state index in [0.717, 1.165) is 19.0 Å². The van der Waals surface area contributed by atoms with Crippen LogP contribution < -0.4 is 0 Å². The molecule has 0 atom stereocenters. The van der Waals surface area contributed by atoms with Gasteiger partial charge in [0.1, 0.15) is 5.82 Å². The highest BCUT2D eigenvalue weighted by molar-refractivity contribution is 5.89. The second kappa shape index (κ2) is 4.42. The number of carbonyl (C=O) groups is 1. The first-order valence-corrected chi connectivity index (χ1v) is 6.01. The summed E-state index contributed by atoms with van der Waals surface area (Å²) in [6, 6.07) is 6.00. The Bertz CT molecular complexity index is 636. The van der Waals surface area contributed by atoms with Gasteiger partial charge in [-0.1, -0.05) is 0 Å². The normalized spacial score (nSPS) is 14.4. The highest BCUT2D eigenvalue weighted by atomic mass is 19.1. The highest BCUT2D eigenvalue weighted by Gasteiger charge is 2.30. The molecule has 0 spiro atoms. The second-order valence-corrected chi connectivity index (χ2v) is 4.57. The predicted molar refractivity (Wildman–Crippen MR) is 66.4 cm³/mol. The lowest BCUT2D eigenvalue weighted by atomic mass is 10.1. The zero-order chi connectivity index (χ0) is 13.4. The minimum absolute atomic E-state index is 0.228. The van der Waals surface area contributed by atoms with Crippen molar-refractivity contribution in [2.75, 3.05) is 0 Å². The molecule has 2 aromatic heterocycles. The van der Waals surface area contributed by atoms with Gasteiger partial charge in [-0.3, -0.25) is 4.98 Å². The van der Waals surface area contributed by atoms with Crippen molar-refractivity contribution in [3.63, 3.8) is 0 Å². The molecule has 1 fully saturated rings. The lowest BCUT2D eigenvalue weighted by molar-refractivity contribution is 0.0695. The van der Waals surface area contributed by atoms with E-state index in [4.69, 9.17) is 5.11 Å². The van der Waals surface area contributed by atoms with Crippen molar-refractivity contribution < 1.29 is 14.3 Å². The number of nitrogens with zero attached hydrogens (tertiary/aromatic N) is 2. The van der Waals surface area contributed by atoms with Crippen LogP contribution in [0.25, 0.3) is 11.4 Å². The van der Waals surface area contributed by atoms with Crippen LogP contribution in [-0.2, 0) is 0 Å². The van der Waals surface area contributed by atoms with Crippen LogP contribution in [0.15, 0.2) is 30.5 Å². The van der Waals surface area contributed by atoms with Crippen molar-refractivity contribution in [2.24, 2.45) is 0 Å². The fourth-order valence-corrected chi connectivity index (χ4v) is 1.99. The Morgan fingerprint density at radius 1 is 1.21 bits per heavy atom. The van der Waals surface area contributed by atoms with Crippen LogP contribution in [0.5, 0.6) is 0 Å². The van der Waals surface area contributed by atoms with Crippen molar-refractivity contribution in [1.82, 2.24) is 9.97 Å². The van der Waals surface area contributed by atoms with E-state index in [2.05, 4.69) is 9.97 Å². The molecular weight excluding hydrogens is 247 g/mol. The molecule has 0 aromatic carbocycles. The Balaban J connectivity index is 2.05. The number of pyridine rings is 2. The Morgan fingerprint density at radius 3 is 2.53 bits per heavy atom. The monoisotopic (exact) mass is 258 g/mol. The molecule has 1 saturated carbocycles. The third-order valence-corrected chi connectivity index (χ3v) is 3.11. The SMILES string of the molecule is O=C(O)c1ccc(-c2ccc(F)cn2)nc1C1CC1. The van der Waals surface area contributed by atoms with Crippen LogP contribution >= 0.6 is 0 Å². The van der Waals surface area contributed by atoms with Crippen molar-refractivity contribution in [1.29, 1.82) is 0 Å². The van der Waals surface area contributed by atoms with Gasteiger partial charge in [0.25, 0.3) is 0 Å². The number of hydrogen-bond acceptors (Lipinski definition) is 3. The summed E-state index contributed by atoms with van der Waals surface area (Å²) in [7, 11) is 0. The lowest BCUT2D eigenvalue weighted by Crippen LogP contribution is -2.05. The Kier molecular flexibility index (Phi) is 2.74. The molecule has 0 bridgehead atoms. The van der Waals surface area contributed by atoms with E-state index >= 15 is 0 Å². The Hall–Kier alpha value is -2.30. The molecule has 19 heavy (non-hydrogen) atoms. The minimum atomic E-state index is -0.965. The van der Waals surface area contributed by atoms with Gasteiger partial charge in [0.15, 0.2) is 0 Å². The molecule has 96 valence electrons. The molecule has 1 aliphatic carbocycles. The number of carboxylic acid groups (broad SMARTS) is 1. The van der Waals surface area contributed by atoms with Gasteiger partial charge in [0.05, 0.1) is 28.8 Å². The molecule has 2 heterocycles. The summed E-state index contributed by atoms with van der Waals surface area (Å²) in [4.78, 5) is 19.5. The first-order chi connectivity index (χ1) is 9.15. The molecule has 4 nitrogen and oxygen atoms in total. The third-order valence-electron chi connectivity index (χ3n) is 3.11. The van der Waals surface area contributed by atoms with Gasteiger partial charge in [0, 0.05) is 5.92 Å². The first kappa shape index (κ1) is 11.8. The number of aromatic nitrogens is 2. The van der Waals surface area contributed by atoms with E-state index in [1.807, 2.05) is 0 Å². The lowest BCUT2D eigenvalue weighted by Gasteiger charge is -2.07. The largest absolute Gasteiger partial charge is 0.478 e. The molecule has 2 aromatic rings. The zero-order valence-corrected chi connectivity index (χ0v) is 10.0. The van der Waals surface area contributed by atoms with Crippen LogP contribution in [0.3, 0.4) is 0 Å². The fourth-order valence-electron chi connectivity index (χ4n) is 1.99. The standard InChI is InChI=1S/C14H11FN2O2/c15-9-3-5-11(16-7-9)12-6-4-10(14(18)19)13(17-12)8-1-2-8/h3-8H,1-2H2,(H,18,19). The average molecular weight is 258 g/mol.